The number of hydrogen-bond acceptors (Lipinski definition) is 8. The number of anilines is 1. The first kappa shape index (κ1) is 40.3. The van der Waals surface area contributed by atoms with E-state index in [1.165, 1.54) is 6.92 Å². The molecule has 0 aliphatic carbocycles. The number of nitrogens with one attached hydrogen (secondary N) is 5. The highest BCUT2D eigenvalue weighted by Gasteiger charge is 2.29. The summed E-state index contributed by atoms with van der Waals surface area (Å²) in [6.45, 7) is 8.92. The number of esters is 1. The number of allylic oxidation sites excluding steroid dienone is 2. The van der Waals surface area contributed by atoms with Gasteiger partial charge >= 0.3 is 12.0 Å². The van der Waals surface area contributed by atoms with Crippen LogP contribution in [0, 0.1) is 11.8 Å². The van der Waals surface area contributed by atoms with E-state index in [9.17, 15) is 33.6 Å². The van der Waals surface area contributed by atoms with Crippen molar-refractivity contribution in [3.8, 4) is 0 Å². The van der Waals surface area contributed by atoms with Gasteiger partial charge in [0, 0.05) is 50.9 Å². The van der Waals surface area contributed by atoms with Crippen LogP contribution in [-0.4, -0.2) is 66.6 Å². The Labute approximate surface area is 276 Å². The highest BCUT2D eigenvalue weighted by Crippen LogP contribution is 2.13. The fourth-order valence-corrected chi connectivity index (χ4v) is 4.37. The van der Waals surface area contributed by atoms with Gasteiger partial charge in [0.25, 0.3) is 0 Å². The van der Waals surface area contributed by atoms with E-state index in [1.54, 1.807) is 57.2 Å². The van der Waals surface area contributed by atoms with Gasteiger partial charge in [-0.3, -0.25) is 28.8 Å². The smallest absolute Gasteiger partial charge is 0.312 e. The third-order valence-corrected chi connectivity index (χ3v) is 7.02. The molecule has 260 valence electrons. The Bertz CT molecular complexity index is 1250. The number of carbonyl (C=O) groups is 7. The van der Waals surface area contributed by atoms with Crippen LogP contribution < -0.4 is 32.3 Å². The second kappa shape index (κ2) is 21.9. The molecule has 7 N–H and O–H groups in total. The third kappa shape index (κ3) is 17.5. The number of ketones is 1. The molecular weight excluding hydrogens is 608 g/mol. The number of urea groups is 1. The van der Waals surface area contributed by atoms with E-state index < -0.39 is 41.8 Å². The van der Waals surface area contributed by atoms with Gasteiger partial charge in [0.05, 0.1) is 0 Å². The standard InChI is InChI=1S/C33H50N6O8/c1-6-9-22(4)27(41)17-19-35-28(42)11-7-12-29(43)39-30(21(2)3)32(45)38-26(10-8-18-36-33(34)46)31(44)37-25-15-13-24(14-16-25)20-47-23(5)40/h6,9,13-16,21-22,26,30H,7-8,10-12,17-20H2,1-5H3,(H,35,42)(H,37,44)(H,38,45)(H,39,43)(H3,34,36,46)/t22?,26-,30?/m0/s1. The maximum Gasteiger partial charge on any atom is 0.312 e. The van der Waals surface area contributed by atoms with Crippen LogP contribution in [0.4, 0.5) is 10.5 Å². The molecule has 2 unspecified atom stereocenters. The molecule has 0 spiro atoms. The molecule has 14 heteroatoms. The number of nitrogens with two attached hydrogens (primary N) is 1. The first-order chi connectivity index (χ1) is 22.2. The molecule has 0 aromatic heterocycles. The summed E-state index contributed by atoms with van der Waals surface area (Å²) in [6.07, 6.45) is 4.62. The van der Waals surface area contributed by atoms with Crippen molar-refractivity contribution < 1.29 is 38.3 Å². The number of rotatable bonds is 21. The van der Waals surface area contributed by atoms with Gasteiger partial charge in [-0.2, -0.15) is 0 Å². The number of Topliss-reactive ketones (excluding diaryl/α,β-unsaturated/α-hetero) is 1. The number of ether oxygens (including phenoxy) is 1. The van der Waals surface area contributed by atoms with E-state index >= 15 is 0 Å². The van der Waals surface area contributed by atoms with E-state index in [4.69, 9.17) is 10.5 Å². The Hall–Kier alpha value is -4.75. The van der Waals surface area contributed by atoms with E-state index in [-0.39, 0.29) is 75.3 Å². The summed E-state index contributed by atoms with van der Waals surface area (Å²) >= 11 is 0. The summed E-state index contributed by atoms with van der Waals surface area (Å²) in [5.41, 5.74) is 6.29. The summed E-state index contributed by atoms with van der Waals surface area (Å²) < 4.78 is 4.97. The molecule has 0 saturated carbocycles. The maximum atomic E-state index is 13.3. The zero-order valence-corrected chi connectivity index (χ0v) is 28.0. The highest BCUT2D eigenvalue weighted by atomic mass is 16.5. The van der Waals surface area contributed by atoms with Gasteiger partial charge in [0.2, 0.25) is 23.6 Å². The number of benzene rings is 1. The Morgan fingerprint density at radius 3 is 2.09 bits per heavy atom. The highest BCUT2D eigenvalue weighted by molar-refractivity contribution is 5.98. The van der Waals surface area contributed by atoms with Crippen molar-refractivity contribution in [1.29, 1.82) is 0 Å². The van der Waals surface area contributed by atoms with E-state index in [1.807, 2.05) is 6.92 Å². The van der Waals surface area contributed by atoms with Gasteiger partial charge in [-0.25, -0.2) is 4.79 Å². The minimum absolute atomic E-state index is 0.00265. The second-order valence-corrected chi connectivity index (χ2v) is 11.5. The maximum absolute atomic E-state index is 13.3. The van der Waals surface area contributed by atoms with Gasteiger partial charge in [-0.15, -0.1) is 0 Å². The summed E-state index contributed by atoms with van der Waals surface area (Å²) in [4.78, 5) is 85.5. The first-order valence-electron chi connectivity index (χ1n) is 15.8. The molecule has 1 aromatic rings. The monoisotopic (exact) mass is 658 g/mol. The van der Waals surface area contributed by atoms with Crippen LogP contribution in [0.2, 0.25) is 0 Å². The van der Waals surface area contributed by atoms with Crippen molar-refractivity contribution in [3.63, 3.8) is 0 Å². The lowest BCUT2D eigenvalue weighted by Crippen LogP contribution is -2.54. The lowest BCUT2D eigenvalue weighted by Gasteiger charge is -2.25. The average molecular weight is 659 g/mol. The molecule has 1 rings (SSSR count). The quantitative estimate of drug-likeness (QED) is 0.0653. The molecular formula is C33H50N6O8. The Kier molecular flexibility index (Phi) is 18.8. The van der Waals surface area contributed by atoms with Crippen molar-refractivity contribution in [1.82, 2.24) is 21.3 Å². The normalized spacial score (nSPS) is 12.8. The summed E-state index contributed by atoms with van der Waals surface area (Å²) in [5, 5.41) is 13.3. The second-order valence-electron chi connectivity index (χ2n) is 11.5. The predicted molar refractivity (Wildman–Crippen MR) is 177 cm³/mol. The van der Waals surface area contributed by atoms with Crippen LogP contribution in [0.5, 0.6) is 0 Å². The Balaban J connectivity index is 2.74. The lowest BCUT2D eigenvalue weighted by molar-refractivity contribution is -0.142. The molecule has 0 radical (unpaired) electrons. The molecule has 0 aliphatic heterocycles. The fraction of sp³-hybridized carbons (Fsp3) is 0.545. The van der Waals surface area contributed by atoms with Crippen molar-refractivity contribution >= 4 is 47.1 Å². The SMILES string of the molecule is CC=CC(C)C(=O)CCNC(=O)CCCC(=O)NC(C(=O)N[C@@H](CCCNC(N)=O)C(=O)Nc1ccc(COC(C)=O)cc1)C(C)C. The molecule has 47 heavy (non-hydrogen) atoms. The van der Waals surface area contributed by atoms with Crippen molar-refractivity contribution in [3.05, 3.63) is 42.0 Å². The summed E-state index contributed by atoms with van der Waals surface area (Å²) in [6, 6.07) is 3.96. The number of primary amides is 1. The predicted octanol–water partition coefficient (Wildman–Crippen LogP) is 2.22. The van der Waals surface area contributed by atoms with Crippen molar-refractivity contribution in [2.45, 2.75) is 91.8 Å². The van der Waals surface area contributed by atoms with Crippen LogP contribution in [0.25, 0.3) is 0 Å². The molecule has 6 amide bonds. The molecule has 0 saturated heterocycles. The van der Waals surface area contributed by atoms with Crippen LogP contribution in [-0.2, 0) is 40.1 Å². The lowest BCUT2D eigenvalue weighted by atomic mass is 10.0. The topological polar surface area (TPSA) is 215 Å². The first-order valence-corrected chi connectivity index (χ1v) is 15.8. The van der Waals surface area contributed by atoms with E-state index in [2.05, 4.69) is 26.6 Å². The summed E-state index contributed by atoms with van der Waals surface area (Å²) in [7, 11) is 0. The van der Waals surface area contributed by atoms with E-state index in [0.29, 0.717) is 12.1 Å². The zero-order valence-electron chi connectivity index (χ0n) is 28.0. The van der Waals surface area contributed by atoms with E-state index in [0.717, 1.165) is 5.56 Å². The third-order valence-electron chi connectivity index (χ3n) is 7.02. The van der Waals surface area contributed by atoms with Gasteiger partial charge in [0.1, 0.15) is 24.5 Å². The fourth-order valence-electron chi connectivity index (χ4n) is 4.37. The van der Waals surface area contributed by atoms with Crippen molar-refractivity contribution in [2.24, 2.45) is 17.6 Å². The Morgan fingerprint density at radius 2 is 1.49 bits per heavy atom. The van der Waals surface area contributed by atoms with Gasteiger partial charge in [0.15, 0.2) is 0 Å². The molecule has 1 aromatic carbocycles. The molecule has 0 fully saturated rings. The van der Waals surface area contributed by atoms with Gasteiger partial charge in [-0.05, 0) is 49.8 Å². The Morgan fingerprint density at radius 1 is 0.830 bits per heavy atom. The average Bonchev–Trinajstić information content (AvgIpc) is 3.00. The number of hydrogen-bond donors (Lipinski definition) is 6. The van der Waals surface area contributed by atoms with Crippen LogP contribution in [0.3, 0.4) is 0 Å². The number of amides is 6. The summed E-state index contributed by atoms with van der Waals surface area (Å²) in [5.74, 6) is -2.71. The zero-order chi connectivity index (χ0) is 35.4. The number of carbonyl (C=O) groups excluding carboxylic acids is 7. The van der Waals surface area contributed by atoms with Gasteiger partial charge < -0.3 is 37.1 Å². The van der Waals surface area contributed by atoms with Gasteiger partial charge in [-0.1, -0.05) is 45.1 Å². The van der Waals surface area contributed by atoms with Crippen LogP contribution in [0.1, 0.15) is 78.7 Å². The minimum Gasteiger partial charge on any atom is -0.461 e. The molecule has 0 aliphatic rings. The molecule has 0 bridgehead atoms. The van der Waals surface area contributed by atoms with Crippen LogP contribution >= 0.6 is 0 Å². The molecule has 14 nitrogen and oxygen atoms in total. The molecule has 0 heterocycles. The van der Waals surface area contributed by atoms with Crippen molar-refractivity contribution in [2.75, 3.05) is 18.4 Å². The van der Waals surface area contributed by atoms with Crippen LogP contribution in [0.15, 0.2) is 36.4 Å². The largest absolute Gasteiger partial charge is 0.461 e. The minimum atomic E-state index is -1.01. The molecule has 3 atom stereocenters.